The molecule has 4 unspecified atom stereocenters. The number of likely N-dealkylation sites (tertiary alicyclic amines) is 1. The lowest BCUT2D eigenvalue weighted by molar-refractivity contribution is -0.126. The number of benzene rings is 1. The van der Waals surface area contributed by atoms with Crippen LogP contribution in [0.5, 0.6) is 0 Å². The molecule has 4 nitrogen and oxygen atoms in total. The predicted molar refractivity (Wildman–Crippen MR) is 130 cm³/mol. The number of alkyl halides is 1. The lowest BCUT2D eigenvalue weighted by Gasteiger charge is -2.49. The van der Waals surface area contributed by atoms with Crippen molar-refractivity contribution in [3.63, 3.8) is 0 Å². The summed E-state index contributed by atoms with van der Waals surface area (Å²) in [6.07, 6.45) is 15.8. The van der Waals surface area contributed by atoms with Gasteiger partial charge in [0.1, 0.15) is 12.5 Å². The minimum Gasteiger partial charge on any atom is -0.350 e. The zero-order valence-electron chi connectivity index (χ0n) is 20.1. The number of carbonyl (C=O) groups excluding carboxylic acids is 1. The lowest BCUT2D eigenvalue weighted by atomic mass is 9.62. The highest BCUT2D eigenvalue weighted by molar-refractivity contribution is 5.86. The number of halogens is 2. The molecule has 1 aromatic rings. The molecule has 1 aromatic carbocycles. The Labute approximate surface area is 201 Å². The van der Waals surface area contributed by atoms with Crippen LogP contribution in [0.3, 0.4) is 0 Å². The average Bonchev–Trinajstić information content (AvgIpc) is 3.42. The second-order valence-corrected chi connectivity index (χ2v) is 10.8. The molecule has 1 spiro atoms. The molecule has 2 heterocycles. The molecular weight excluding hydrogens is 432 g/mol. The Hall–Kier alpha value is -2.31. The molecule has 4 aliphatic rings. The molecule has 2 saturated heterocycles. The van der Waals surface area contributed by atoms with Gasteiger partial charge in [-0.3, -0.25) is 9.69 Å². The first kappa shape index (κ1) is 23.4. The zero-order chi connectivity index (χ0) is 23.9. The van der Waals surface area contributed by atoms with E-state index in [1.807, 2.05) is 6.92 Å². The van der Waals surface area contributed by atoms with Crippen molar-refractivity contribution in [2.75, 3.05) is 19.6 Å². The van der Waals surface area contributed by atoms with Crippen molar-refractivity contribution < 1.29 is 13.6 Å². The average molecular weight is 468 g/mol. The smallest absolute Gasteiger partial charge is 0.240 e. The van der Waals surface area contributed by atoms with Crippen molar-refractivity contribution in [1.29, 1.82) is 0 Å². The molecule has 6 heteroatoms. The first-order valence-electron chi connectivity index (χ1n) is 12.5. The number of nitrogens with one attached hydrogen (secondary N) is 2. The molecule has 182 valence electrons. The van der Waals surface area contributed by atoms with Gasteiger partial charge in [-0.2, -0.15) is 0 Å². The molecule has 2 aliphatic heterocycles. The van der Waals surface area contributed by atoms with Crippen molar-refractivity contribution in [2.24, 2.45) is 23.2 Å². The third-order valence-electron chi connectivity index (χ3n) is 8.70. The Morgan fingerprint density at radius 1 is 1.21 bits per heavy atom. The van der Waals surface area contributed by atoms with Crippen molar-refractivity contribution >= 4 is 5.91 Å². The highest BCUT2D eigenvalue weighted by Gasteiger charge is 2.51. The predicted octanol–water partition coefficient (Wildman–Crippen LogP) is 4.29. The molecule has 2 fully saturated rings. The Bertz CT molecular complexity index is 1040. The number of amides is 1. The van der Waals surface area contributed by atoms with E-state index in [1.54, 1.807) is 6.07 Å². The van der Waals surface area contributed by atoms with Crippen molar-refractivity contribution in [3.05, 3.63) is 71.6 Å². The number of hydrogen-bond donors (Lipinski definition) is 2. The van der Waals surface area contributed by atoms with Crippen LogP contribution < -0.4 is 10.6 Å². The SMILES string of the molecule is C[C@H]1CN(C2CNC(C)(C(=O)NCc3cc(F)cc(CF)c3)C2)CC[C@@]12C=CC1C=CC=CC12. The summed E-state index contributed by atoms with van der Waals surface area (Å²) < 4.78 is 26.6. The fourth-order valence-corrected chi connectivity index (χ4v) is 6.68. The minimum atomic E-state index is -0.723. The second kappa shape index (κ2) is 9.04. The molecule has 5 rings (SSSR count). The van der Waals surface area contributed by atoms with E-state index in [2.05, 4.69) is 58.9 Å². The van der Waals surface area contributed by atoms with Crippen molar-refractivity contribution in [1.82, 2.24) is 15.5 Å². The van der Waals surface area contributed by atoms with Gasteiger partial charge in [0, 0.05) is 37.0 Å². The van der Waals surface area contributed by atoms with E-state index in [4.69, 9.17) is 0 Å². The second-order valence-electron chi connectivity index (χ2n) is 10.8. The summed E-state index contributed by atoms with van der Waals surface area (Å²) in [4.78, 5) is 15.6. The summed E-state index contributed by atoms with van der Waals surface area (Å²) in [5.74, 6) is 1.06. The van der Waals surface area contributed by atoms with Crippen LogP contribution in [-0.2, 0) is 18.0 Å². The molecular formula is C28H35F2N3O. The van der Waals surface area contributed by atoms with Gasteiger partial charge in [-0.25, -0.2) is 8.78 Å². The molecule has 0 radical (unpaired) electrons. The summed E-state index contributed by atoms with van der Waals surface area (Å²) in [7, 11) is 0. The standard InChI is InChI=1S/C28H35F2N3O/c1-19-18-33(10-9-28(19)8-7-22-5-3-4-6-25(22)28)24-14-27(2,32-17-24)26(34)31-16-21-11-20(15-29)12-23(30)13-21/h3-8,11-13,19,22,24-25,32H,9-10,14-18H2,1-2H3,(H,31,34)/t19-,22?,24?,25?,27?,28-/m0/s1. The van der Waals surface area contributed by atoms with E-state index in [0.717, 1.165) is 32.5 Å². The first-order valence-corrected chi connectivity index (χ1v) is 12.5. The van der Waals surface area contributed by atoms with Gasteiger partial charge in [0.15, 0.2) is 0 Å². The normalized spacial score (nSPS) is 36.8. The third kappa shape index (κ3) is 4.16. The van der Waals surface area contributed by atoms with Gasteiger partial charge < -0.3 is 10.6 Å². The molecule has 2 aliphatic carbocycles. The molecule has 1 amide bonds. The molecule has 2 N–H and O–H groups in total. The van der Waals surface area contributed by atoms with Crippen LogP contribution in [0.2, 0.25) is 0 Å². The maximum absolute atomic E-state index is 13.7. The summed E-state index contributed by atoms with van der Waals surface area (Å²) in [6, 6.07) is 4.44. The maximum Gasteiger partial charge on any atom is 0.240 e. The van der Waals surface area contributed by atoms with E-state index < -0.39 is 18.0 Å². The Morgan fingerprint density at radius 2 is 2.00 bits per heavy atom. The van der Waals surface area contributed by atoms with Gasteiger partial charge in [0.25, 0.3) is 0 Å². The van der Waals surface area contributed by atoms with E-state index in [9.17, 15) is 13.6 Å². The topological polar surface area (TPSA) is 44.4 Å². The largest absolute Gasteiger partial charge is 0.350 e. The molecule has 0 aromatic heterocycles. The maximum atomic E-state index is 13.7. The summed E-state index contributed by atoms with van der Waals surface area (Å²) in [5.41, 5.74) is 0.422. The van der Waals surface area contributed by atoms with Gasteiger partial charge in [-0.15, -0.1) is 0 Å². The third-order valence-corrected chi connectivity index (χ3v) is 8.70. The summed E-state index contributed by atoms with van der Waals surface area (Å²) in [6.45, 7) is 6.63. The van der Waals surface area contributed by atoms with Crippen LogP contribution in [0.25, 0.3) is 0 Å². The minimum absolute atomic E-state index is 0.0942. The van der Waals surface area contributed by atoms with Gasteiger partial charge in [-0.05, 0) is 61.4 Å². The first-order chi connectivity index (χ1) is 16.3. The summed E-state index contributed by atoms with van der Waals surface area (Å²) in [5, 5.41) is 6.38. The van der Waals surface area contributed by atoms with Gasteiger partial charge >= 0.3 is 0 Å². The highest BCUT2D eigenvalue weighted by atomic mass is 19.1. The number of allylic oxidation sites excluding steroid dienone is 6. The quantitative estimate of drug-likeness (QED) is 0.635. The van der Waals surface area contributed by atoms with Crippen LogP contribution >= 0.6 is 0 Å². The number of carbonyl (C=O) groups is 1. The Morgan fingerprint density at radius 3 is 2.79 bits per heavy atom. The zero-order valence-corrected chi connectivity index (χ0v) is 20.1. The number of nitrogens with zero attached hydrogens (tertiary/aromatic N) is 1. The molecule has 6 atom stereocenters. The van der Waals surface area contributed by atoms with E-state index >= 15 is 0 Å². The van der Waals surface area contributed by atoms with Crippen molar-refractivity contribution in [2.45, 2.75) is 51.5 Å². The lowest BCUT2D eigenvalue weighted by Crippen LogP contribution is -2.52. The van der Waals surface area contributed by atoms with Gasteiger partial charge in [0.05, 0.1) is 5.54 Å². The monoisotopic (exact) mass is 467 g/mol. The van der Waals surface area contributed by atoms with Crippen molar-refractivity contribution in [3.8, 4) is 0 Å². The number of hydrogen-bond acceptors (Lipinski definition) is 3. The number of rotatable bonds is 5. The summed E-state index contributed by atoms with van der Waals surface area (Å²) >= 11 is 0. The molecule has 34 heavy (non-hydrogen) atoms. The Balaban J connectivity index is 1.18. The van der Waals surface area contributed by atoms with Crippen LogP contribution in [-0.4, -0.2) is 42.0 Å². The van der Waals surface area contributed by atoms with Gasteiger partial charge in [-0.1, -0.05) is 49.4 Å². The molecule has 0 saturated carbocycles. The van der Waals surface area contributed by atoms with Crippen LogP contribution in [0.1, 0.15) is 37.8 Å². The molecule has 0 bridgehead atoms. The highest BCUT2D eigenvalue weighted by Crippen LogP contribution is 2.53. The number of piperidine rings is 1. The van der Waals surface area contributed by atoms with E-state index in [1.165, 1.54) is 12.1 Å². The van der Waals surface area contributed by atoms with Crippen LogP contribution in [0, 0.1) is 29.0 Å². The van der Waals surface area contributed by atoms with E-state index in [-0.39, 0.29) is 23.4 Å². The Kier molecular flexibility index (Phi) is 6.23. The van der Waals surface area contributed by atoms with E-state index in [0.29, 0.717) is 29.4 Å². The number of fused-ring (bicyclic) bond motifs is 2. The van der Waals surface area contributed by atoms with Crippen LogP contribution in [0.15, 0.2) is 54.7 Å². The van der Waals surface area contributed by atoms with Gasteiger partial charge in [0.2, 0.25) is 5.91 Å². The van der Waals surface area contributed by atoms with Crippen LogP contribution in [0.4, 0.5) is 8.78 Å². The fourth-order valence-electron chi connectivity index (χ4n) is 6.68. The fraction of sp³-hybridized carbons (Fsp3) is 0.536.